The molecule has 3 aromatic rings. The number of hydrogen-bond donors (Lipinski definition) is 1. The predicted molar refractivity (Wildman–Crippen MR) is 97.7 cm³/mol. The topological polar surface area (TPSA) is 86.2 Å². The molecule has 3 unspecified atom stereocenters. The summed E-state index contributed by atoms with van der Waals surface area (Å²) in [5.74, 6) is 2.52. The van der Waals surface area contributed by atoms with E-state index in [1.807, 2.05) is 30.5 Å². The first kappa shape index (κ1) is 16.6. The molecule has 1 fully saturated rings. The second kappa shape index (κ2) is 6.58. The monoisotopic (exact) mass is 366 g/mol. The van der Waals surface area contributed by atoms with Crippen LogP contribution in [0.2, 0.25) is 0 Å². The van der Waals surface area contributed by atoms with Crippen molar-refractivity contribution >= 4 is 0 Å². The Balaban J connectivity index is 1.51. The van der Waals surface area contributed by atoms with Crippen LogP contribution in [0.3, 0.4) is 0 Å². The lowest BCUT2D eigenvalue weighted by Gasteiger charge is -2.40. The molecule has 0 amide bonds. The van der Waals surface area contributed by atoms with Crippen molar-refractivity contribution in [3.8, 4) is 22.8 Å². The minimum absolute atomic E-state index is 0.0189. The molecule has 1 aromatic carbocycles. The molecule has 2 aliphatic rings. The van der Waals surface area contributed by atoms with E-state index in [1.165, 1.54) is 5.69 Å². The van der Waals surface area contributed by atoms with Gasteiger partial charge in [-0.2, -0.15) is 10.1 Å². The molecular formula is C20H22N4O3. The van der Waals surface area contributed by atoms with Gasteiger partial charge in [-0.05, 0) is 23.8 Å². The number of aliphatic hydroxyl groups excluding tert-OH is 1. The minimum Gasteiger partial charge on any atom is -0.392 e. The van der Waals surface area contributed by atoms with Crippen molar-refractivity contribution in [1.82, 2.24) is 19.9 Å². The second-order valence-corrected chi connectivity index (χ2v) is 7.51. The number of nitrogens with zero attached hydrogens (tertiary/aromatic N) is 4. The van der Waals surface area contributed by atoms with Crippen LogP contribution in [-0.2, 0) is 17.9 Å². The summed E-state index contributed by atoms with van der Waals surface area (Å²) in [5, 5.41) is 17.9. The summed E-state index contributed by atoms with van der Waals surface area (Å²) >= 11 is 0. The largest absolute Gasteiger partial charge is 0.392 e. The normalized spacial score (nSPS) is 24.4. The van der Waals surface area contributed by atoms with Crippen LogP contribution in [0, 0.1) is 11.8 Å². The number of ether oxygens (including phenoxy) is 1. The van der Waals surface area contributed by atoms with E-state index in [4.69, 9.17) is 9.26 Å². The molecule has 1 saturated heterocycles. The first-order valence-electron chi connectivity index (χ1n) is 9.42. The maximum Gasteiger partial charge on any atom is 0.261 e. The maximum atomic E-state index is 9.19. The Morgan fingerprint density at radius 1 is 1.26 bits per heavy atom. The molecule has 2 aromatic heterocycles. The van der Waals surface area contributed by atoms with Gasteiger partial charge in [-0.3, -0.25) is 4.68 Å². The number of benzene rings is 1. The number of rotatable bonds is 3. The van der Waals surface area contributed by atoms with Gasteiger partial charge >= 0.3 is 0 Å². The van der Waals surface area contributed by atoms with E-state index in [1.54, 1.807) is 0 Å². The Hall–Kier alpha value is -2.51. The molecule has 7 heteroatoms. The summed E-state index contributed by atoms with van der Waals surface area (Å²) in [7, 11) is 0. The van der Waals surface area contributed by atoms with Gasteiger partial charge in [-0.15, -0.1) is 0 Å². The van der Waals surface area contributed by atoms with Gasteiger partial charge in [0.05, 0.1) is 30.7 Å². The number of fused-ring (bicyclic) bond motifs is 3. The molecule has 27 heavy (non-hydrogen) atoms. The Morgan fingerprint density at radius 2 is 2.11 bits per heavy atom. The smallest absolute Gasteiger partial charge is 0.261 e. The number of aromatic nitrogens is 4. The number of hydrogen-bond acceptors (Lipinski definition) is 6. The third-order valence-electron chi connectivity index (χ3n) is 5.87. The van der Waals surface area contributed by atoms with Crippen molar-refractivity contribution < 1.29 is 14.4 Å². The van der Waals surface area contributed by atoms with E-state index in [2.05, 4.69) is 26.8 Å². The highest BCUT2D eigenvalue weighted by molar-refractivity contribution is 5.62. The fourth-order valence-electron chi connectivity index (χ4n) is 4.37. The third kappa shape index (κ3) is 2.78. The van der Waals surface area contributed by atoms with Crippen LogP contribution < -0.4 is 0 Å². The fourth-order valence-corrected chi connectivity index (χ4v) is 4.37. The van der Waals surface area contributed by atoms with Crippen LogP contribution in [-0.4, -0.2) is 38.2 Å². The minimum atomic E-state index is 0.0189. The Bertz CT molecular complexity index is 947. The Morgan fingerprint density at radius 3 is 2.93 bits per heavy atom. The molecule has 140 valence electrons. The summed E-state index contributed by atoms with van der Waals surface area (Å²) < 4.78 is 13.4. The molecule has 2 aliphatic heterocycles. The first-order valence-corrected chi connectivity index (χ1v) is 9.42. The molecule has 3 atom stereocenters. The molecule has 5 rings (SSSR count). The Kier molecular flexibility index (Phi) is 4.06. The molecule has 4 heterocycles. The lowest BCUT2D eigenvalue weighted by Crippen LogP contribution is -2.38. The van der Waals surface area contributed by atoms with Crippen molar-refractivity contribution in [2.45, 2.75) is 32.4 Å². The summed E-state index contributed by atoms with van der Waals surface area (Å²) in [4.78, 5) is 4.62. The predicted octanol–water partition coefficient (Wildman–Crippen LogP) is 2.86. The molecular weight excluding hydrogens is 344 g/mol. The van der Waals surface area contributed by atoms with E-state index < -0.39 is 0 Å². The van der Waals surface area contributed by atoms with Crippen LogP contribution >= 0.6 is 0 Å². The zero-order chi connectivity index (χ0) is 18.4. The molecule has 0 radical (unpaired) electrons. The quantitative estimate of drug-likeness (QED) is 0.767. The van der Waals surface area contributed by atoms with Gasteiger partial charge in [0.2, 0.25) is 5.82 Å². The standard InChI is InChI=1S/C20H22N4O3/c1-12-9-24-18(15-6-7-26-11-17(12)15)16(8-21-24)20-22-19(23-27-20)14-4-2-13(10-25)3-5-14/h2-5,8,12,15,17,25H,6-7,9-11H2,1H3. The maximum absolute atomic E-state index is 9.19. The summed E-state index contributed by atoms with van der Waals surface area (Å²) in [6.07, 6.45) is 2.85. The van der Waals surface area contributed by atoms with Crippen molar-refractivity contribution in [3.05, 3.63) is 41.7 Å². The van der Waals surface area contributed by atoms with Crippen LogP contribution in [0.1, 0.15) is 30.5 Å². The molecule has 0 aliphatic carbocycles. The van der Waals surface area contributed by atoms with E-state index in [-0.39, 0.29) is 6.61 Å². The van der Waals surface area contributed by atoms with Crippen molar-refractivity contribution in [2.24, 2.45) is 11.8 Å². The summed E-state index contributed by atoms with van der Waals surface area (Å²) in [5.41, 5.74) is 3.85. The second-order valence-electron chi connectivity index (χ2n) is 7.51. The highest BCUT2D eigenvalue weighted by atomic mass is 16.5. The number of aliphatic hydroxyl groups is 1. The fraction of sp³-hybridized carbons (Fsp3) is 0.450. The van der Waals surface area contributed by atoms with Gasteiger partial charge < -0.3 is 14.4 Å². The van der Waals surface area contributed by atoms with Gasteiger partial charge in [0, 0.05) is 24.6 Å². The van der Waals surface area contributed by atoms with Crippen LogP contribution in [0.5, 0.6) is 0 Å². The average Bonchev–Trinajstić information content (AvgIpc) is 3.35. The summed E-state index contributed by atoms with van der Waals surface area (Å²) in [6.45, 7) is 4.78. The van der Waals surface area contributed by atoms with Crippen molar-refractivity contribution in [2.75, 3.05) is 13.2 Å². The van der Waals surface area contributed by atoms with Crippen LogP contribution in [0.25, 0.3) is 22.8 Å². The van der Waals surface area contributed by atoms with Gasteiger partial charge in [0.1, 0.15) is 0 Å². The molecule has 1 N–H and O–H groups in total. The lowest BCUT2D eigenvalue weighted by molar-refractivity contribution is 0.00252. The van der Waals surface area contributed by atoms with Gasteiger partial charge in [0.15, 0.2) is 0 Å². The molecule has 0 spiro atoms. The van der Waals surface area contributed by atoms with E-state index in [9.17, 15) is 5.11 Å². The van der Waals surface area contributed by atoms with Crippen molar-refractivity contribution in [1.29, 1.82) is 0 Å². The molecule has 0 bridgehead atoms. The SMILES string of the molecule is CC1Cn2ncc(-c3nc(-c4ccc(CO)cc4)no3)c2C2CCOCC12. The third-order valence-corrected chi connectivity index (χ3v) is 5.87. The first-order chi connectivity index (χ1) is 13.2. The van der Waals surface area contributed by atoms with E-state index in [0.717, 1.165) is 42.9 Å². The highest BCUT2D eigenvalue weighted by Gasteiger charge is 2.40. The van der Waals surface area contributed by atoms with E-state index >= 15 is 0 Å². The van der Waals surface area contributed by atoms with Crippen LogP contribution in [0.4, 0.5) is 0 Å². The van der Waals surface area contributed by atoms with Crippen LogP contribution in [0.15, 0.2) is 35.0 Å². The van der Waals surface area contributed by atoms with Gasteiger partial charge in [-0.1, -0.05) is 36.3 Å². The highest BCUT2D eigenvalue weighted by Crippen LogP contribution is 2.44. The average molecular weight is 366 g/mol. The molecule has 0 saturated carbocycles. The Labute approximate surface area is 157 Å². The zero-order valence-corrected chi connectivity index (χ0v) is 15.2. The van der Waals surface area contributed by atoms with Gasteiger partial charge in [0.25, 0.3) is 5.89 Å². The molecule has 7 nitrogen and oxygen atoms in total. The van der Waals surface area contributed by atoms with Crippen molar-refractivity contribution in [3.63, 3.8) is 0 Å². The summed E-state index contributed by atoms with van der Waals surface area (Å²) in [6, 6.07) is 7.51. The van der Waals surface area contributed by atoms with Gasteiger partial charge in [-0.25, -0.2) is 0 Å². The zero-order valence-electron chi connectivity index (χ0n) is 15.2. The van der Waals surface area contributed by atoms with E-state index in [0.29, 0.717) is 29.5 Å². The lowest BCUT2D eigenvalue weighted by atomic mass is 9.75.